The Morgan fingerprint density at radius 2 is 1.31 bits per heavy atom. The largest absolute Gasteiger partial charge is 0.508 e. The lowest BCUT2D eigenvalue weighted by atomic mass is 9.98. The Kier molecular flexibility index (Phi) is 14.0. The normalized spacial score (nSPS) is 15.2. The standard InChI is InChI=1S/C29H45NO9/c1-10-18(6)36-29(35)37-19(7)15-30-23(26(31)32)13-22-11-12-24(38-27(33)20(8)16(2)3)25(14-22)39-28(34)21(9)17(4)5/h11-12,14,16-21,23,30H,10,13,15H2,1-9H3,(H,31,32)/t18?,19?,20?,21?,23-/m0/s1. The van der Waals surface area contributed by atoms with Crippen LogP contribution in [0.15, 0.2) is 18.2 Å². The second-order valence-corrected chi connectivity index (χ2v) is 10.7. The SMILES string of the molecule is CCC(C)OC(=O)OC(C)CN[C@@H](Cc1ccc(OC(=O)C(C)C(C)C)c(OC(=O)C(C)C(C)C)c1)C(=O)O. The van der Waals surface area contributed by atoms with E-state index in [1.165, 1.54) is 12.1 Å². The molecule has 10 heteroatoms. The Balaban J connectivity index is 3.07. The summed E-state index contributed by atoms with van der Waals surface area (Å²) in [5.74, 6) is -2.64. The molecule has 0 aliphatic carbocycles. The molecule has 0 radical (unpaired) electrons. The molecular formula is C29H45NO9. The van der Waals surface area contributed by atoms with Crippen LogP contribution < -0.4 is 14.8 Å². The molecule has 0 saturated carbocycles. The van der Waals surface area contributed by atoms with Crippen molar-refractivity contribution in [1.29, 1.82) is 0 Å². The molecular weight excluding hydrogens is 506 g/mol. The molecule has 10 nitrogen and oxygen atoms in total. The first-order chi connectivity index (χ1) is 18.2. The van der Waals surface area contributed by atoms with Crippen LogP contribution in [0, 0.1) is 23.7 Å². The van der Waals surface area contributed by atoms with Crippen molar-refractivity contribution in [2.45, 2.75) is 93.4 Å². The van der Waals surface area contributed by atoms with Gasteiger partial charge in [-0.25, -0.2) is 4.79 Å². The van der Waals surface area contributed by atoms with Gasteiger partial charge in [0.15, 0.2) is 11.5 Å². The van der Waals surface area contributed by atoms with Crippen molar-refractivity contribution in [3.05, 3.63) is 23.8 Å². The third kappa shape index (κ3) is 11.6. The van der Waals surface area contributed by atoms with Crippen molar-refractivity contribution < 1.29 is 43.2 Å². The highest BCUT2D eigenvalue weighted by atomic mass is 16.7. The molecule has 0 fully saturated rings. The van der Waals surface area contributed by atoms with Crippen LogP contribution >= 0.6 is 0 Å². The van der Waals surface area contributed by atoms with Crippen molar-refractivity contribution in [2.75, 3.05) is 6.54 Å². The van der Waals surface area contributed by atoms with Gasteiger partial charge in [0, 0.05) is 6.54 Å². The number of hydrogen-bond acceptors (Lipinski definition) is 9. The summed E-state index contributed by atoms with van der Waals surface area (Å²) < 4.78 is 21.4. The van der Waals surface area contributed by atoms with Crippen LogP contribution in [0.2, 0.25) is 0 Å². The van der Waals surface area contributed by atoms with Gasteiger partial charge in [-0.05, 0) is 56.2 Å². The molecule has 1 aromatic rings. The second kappa shape index (κ2) is 16.1. The number of esters is 2. The minimum atomic E-state index is -1.11. The van der Waals surface area contributed by atoms with E-state index in [4.69, 9.17) is 18.9 Å². The number of carboxylic acid groups (broad SMARTS) is 1. The first kappa shape index (κ1) is 33.9. The van der Waals surface area contributed by atoms with Gasteiger partial charge < -0.3 is 29.4 Å². The average molecular weight is 552 g/mol. The van der Waals surface area contributed by atoms with Gasteiger partial charge in [-0.1, -0.05) is 54.5 Å². The second-order valence-electron chi connectivity index (χ2n) is 10.7. The number of benzene rings is 1. The van der Waals surface area contributed by atoms with E-state index in [2.05, 4.69) is 5.32 Å². The smallest absolute Gasteiger partial charge is 0.480 e. The predicted molar refractivity (Wildman–Crippen MR) is 146 cm³/mol. The van der Waals surface area contributed by atoms with Crippen LogP contribution in [-0.2, 0) is 30.3 Å². The fraction of sp³-hybridized carbons (Fsp3) is 0.655. The molecule has 220 valence electrons. The lowest BCUT2D eigenvalue weighted by Gasteiger charge is -2.21. The maximum absolute atomic E-state index is 12.7. The number of hydrogen-bond donors (Lipinski definition) is 2. The van der Waals surface area contributed by atoms with Gasteiger partial charge in [0.1, 0.15) is 18.2 Å². The summed E-state index contributed by atoms with van der Waals surface area (Å²) >= 11 is 0. The quantitative estimate of drug-likeness (QED) is 0.226. The summed E-state index contributed by atoms with van der Waals surface area (Å²) in [5.41, 5.74) is 0.538. The van der Waals surface area contributed by atoms with Gasteiger partial charge in [-0.3, -0.25) is 14.4 Å². The van der Waals surface area contributed by atoms with E-state index in [1.54, 1.807) is 33.8 Å². The van der Waals surface area contributed by atoms with Crippen LogP contribution in [0.3, 0.4) is 0 Å². The molecule has 0 aliphatic rings. The van der Waals surface area contributed by atoms with Gasteiger partial charge in [-0.2, -0.15) is 0 Å². The Hall–Kier alpha value is -3.14. The van der Waals surface area contributed by atoms with Gasteiger partial charge >= 0.3 is 24.1 Å². The van der Waals surface area contributed by atoms with E-state index in [0.29, 0.717) is 12.0 Å². The Morgan fingerprint density at radius 1 is 0.795 bits per heavy atom. The Morgan fingerprint density at radius 3 is 1.79 bits per heavy atom. The maximum Gasteiger partial charge on any atom is 0.508 e. The molecule has 2 N–H and O–H groups in total. The fourth-order valence-electron chi connectivity index (χ4n) is 3.06. The predicted octanol–water partition coefficient (Wildman–Crippen LogP) is 5.01. The molecule has 39 heavy (non-hydrogen) atoms. The van der Waals surface area contributed by atoms with E-state index < -0.39 is 42.1 Å². The highest BCUT2D eigenvalue weighted by molar-refractivity contribution is 5.79. The monoisotopic (exact) mass is 551 g/mol. The van der Waals surface area contributed by atoms with E-state index in [0.717, 1.165) is 0 Å². The molecule has 0 amide bonds. The third-order valence-electron chi connectivity index (χ3n) is 6.73. The highest BCUT2D eigenvalue weighted by Crippen LogP contribution is 2.31. The summed E-state index contributed by atoms with van der Waals surface area (Å²) in [6, 6.07) is 3.59. The molecule has 1 aromatic carbocycles. The number of carbonyl (C=O) groups excluding carboxylic acids is 3. The summed E-state index contributed by atoms with van der Waals surface area (Å²) in [4.78, 5) is 49.1. The molecule has 0 spiro atoms. The molecule has 0 saturated heterocycles. The average Bonchev–Trinajstić information content (AvgIpc) is 2.86. The van der Waals surface area contributed by atoms with Crippen LogP contribution in [0.5, 0.6) is 11.5 Å². The van der Waals surface area contributed by atoms with Crippen LogP contribution in [0.4, 0.5) is 4.79 Å². The van der Waals surface area contributed by atoms with E-state index in [1.807, 2.05) is 34.6 Å². The van der Waals surface area contributed by atoms with Crippen molar-refractivity contribution >= 4 is 24.1 Å². The molecule has 4 unspecified atom stereocenters. The lowest BCUT2D eigenvalue weighted by molar-refractivity contribution is -0.142. The van der Waals surface area contributed by atoms with Gasteiger partial charge in [0.2, 0.25) is 0 Å². The molecule has 0 aliphatic heterocycles. The fourth-order valence-corrected chi connectivity index (χ4v) is 3.06. The molecule has 5 atom stereocenters. The summed E-state index contributed by atoms with van der Waals surface area (Å²) in [7, 11) is 0. The number of carbonyl (C=O) groups is 4. The number of rotatable bonds is 15. The van der Waals surface area contributed by atoms with E-state index in [-0.39, 0.29) is 48.3 Å². The Bertz CT molecular complexity index is 976. The first-order valence-corrected chi connectivity index (χ1v) is 13.6. The molecule has 0 aromatic heterocycles. The zero-order chi connectivity index (χ0) is 29.9. The van der Waals surface area contributed by atoms with Gasteiger partial charge in [0.25, 0.3) is 0 Å². The lowest BCUT2D eigenvalue weighted by Crippen LogP contribution is -2.42. The maximum atomic E-state index is 12.7. The van der Waals surface area contributed by atoms with Crippen LogP contribution in [0.1, 0.15) is 74.3 Å². The van der Waals surface area contributed by atoms with Crippen LogP contribution in [-0.4, -0.2) is 54.0 Å². The van der Waals surface area contributed by atoms with Gasteiger partial charge in [-0.15, -0.1) is 0 Å². The summed E-state index contributed by atoms with van der Waals surface area (Å²) in [5, 5.41) is 12.6. The zero-order valence-electron chi connectivity index (χ0n) is 24.6. The zero-order valence-corrected chi connectivity index (χ0v) is 24.6. The van der Waals surface area contributed by atoms with Gasteiger partial charge in [0.05, 0.1) is 11.8 Å². The first-order valence-electron chi connectivity index (χ1n) is 13.6. The highest BCUT2D eigenvalue weighted by Gasteiger charge is 2.26. The molecule has 1 rings (SSSR count). The minimum Gasteiger partial charge on any atom is -0.480 e. The van der Waals surface area contributed by atoms with Crippen molar-refractivity contribution in [3.8, 4) is 11.5 Å². The summed E-state index contributed by atoms with van der Waals surface area (Å²) in [6.45, 7) is 16.4. The number of ether oxygens (including phenoxy) is 4. The number of aliphatic carboxylic acids is 1. The summed E-state index contributed by atoms with van der Waals surface area (Å²) in [6.07, 6.45) is -1.07. The van der Waals surface area contributed by atoms with Crippen molar-refractivity contribution in [2.24, 2.45) is 23.7 Å². The molecule has 0 heterocycles. The molecule has 0 bridgehead atoms. The Labute approximate surface area is 231 Å². The van der Waals surface area contributed by atoms with E-state index in [9.17, 15) is 24.3 Å². The van der Waals surface area contributed by atoms with Crippen molar-refractivity contribution in [3.63, 3.8) is 0 Å². The van der Waals surface area contributed by atoms with E-state index >= 15 is 0 Å². The van der Waals surface area contributed by atoms with Crippen LogP contribution in [0.25, 0.3) is 0 Å². The number of carboxylic acids is 1. The van der Waals surface area contributed by atoms with Crippen molar-refractivity contribution in [1.82, 2.24) is 5.32 Å². The minimum absolute atomic E-state index is 0.0277. The number of nitrogens with one attached hydrogen (secondary N) is 1. The third-order valence-corrected chi connectivity index (χ3v) is 6.73. The topological polar surface area (TPSA) is 137 Å².